The third kappa shape index (κ3) is 6.36. The summed E-state index contributed by atoms with van der Waals surface area (Å²) in [7, 11) is -4.64. The van der Waals surface area contributed by atoms with E-state index in [0.717, 1.165) is 11.0 Å². The minimum atomic E-state index is -4.64. The van der Waals surface area contributed by atoms with Crippen molar-refractivity contribution >= 4 is 19.6 Å². The maximum Gasteiger partial charge on any atom is 0.466 e. The van der Waals surface area contributed by atoms with Gasteiger partial charge in [0.2, 0.25) is 12.2 Å². The normalized spacial score (nSPS) is 16.6. The SMILES string of the molecule is CCn1nnc(-c2ccc(-c3ccc(N4C[C@H](C(O)F)OC4=O)cc3F)cn2)n1.O=P(O)(O)O. The summed E-state index contributed by atoms with van der Waals surface area (Å²) in [5, 5.41) is 20.9. The molecule has 3 heterocycles. The third-order valence-corrected chi connectivity index (χ3v) is 4.45. The summed E-state index contributed by atoms with van der Waals surface area (Å²) in [4.78, 5) is 40.1. The van der Waals surface area contributed by atoms with Crippen molar-refractivity contribution in [2.75, 3.05) is 11.4 Å². The van der Waals surface area contributed by atoms with Gasteiger partial charge in [-0.05, 0) is 36.4 Å². The van der Waals surface area contributed by atoms with Crippen LogP contribution in [-0.4, -0.2) is 70.1 Å². The van der Waals surface area contributed by atoms with Crippen LogP contribution in [0.1, 0.15) is 6.92 Å². The zero-order valence-corrected chi connectivity index (χ0v) is 18.3. The maximum atomic E-state index is 14.7. The van der Waals surface area contributed by atoms with Crippen LogP contribution >= 0.6 is 7.82 Å². The molecule has 4 N–H and O–H groups in total. The highest BCUT2D eigenvalue weighted by Crippen LogP contribution is 2.30. The minimum absolute atomic E-state index is 0.198. The molecule has 0 bridgehead atoms. The van der Waals surface area contributed by atoms with Crippen molar-refractivity contribution in [3.63, 3.8) is 0 Å². The lowest BCUT2D eigenvalue weighted by Gasteiger charge is -2.14. The van der Waals surface area contributed by atoms with E-state index in [1.807, 2.05) is 6.92 Å². The molecule has 2 aromatic heterocycles. The van der Waals surface area contributed by atoms with Crippen molar-refractivity contribution < 1.29 is 42.7 Å². The number of carbonyl (C=O) groups excluding carboxylic acids is 1. The molecule has 34 heavy (non-hydrogen) atoms. The van der Waals surface area contributed by atoms with Crippen LogP contribution < -0.4 is 4.90 Å². The Morgan fingerprint density at radius 3 is 2.47 bits per heavy atom. The topological polar surface area (TPSA) is 184 Å². The first-order valence-electron chi connectivity index (χ1n) is 9.59. The van der Waals surface area contributed by atoms with Gasteiger partial charge in [0.1, 0.15) is 11.5 Å². The predicted molar refractivity (Wildman–Crippen MR) is 111 cm³/mol. The van der Waals surface area contributed by atoms with Crippen LogP contribution in [0.5, 0.6) is 0 Å². The molecule has 0 spiro atoms. The highest BCUT2D eigenvalue weighted by molar-refractivity contribution is 7.45. The monoisotopic (exact) mass is 500 g/mol. The van der Waals surface area contributed by atoms with E-state index in [9.17, 15) is 13.6 Å². The molecule has 1 amide bonds. The molecule has 1 aliphatic rings. The molecule has 1 aliphatic heterocycles. The number of nitrogens with zero attached hydrogens (tertiary/aromatic N) is 6. The summed E-state index contributed by atoms with van der Waals surface area (Å²) >= 11 is 0. The number of hydrogen-bond donors (Lipinski definition) is 4. The fourth-order valence-electron chi connectivity index (χ4n) is 2.91. The quantitative estimate of drug-likeness (QED) is 0.370. The summed E-state index contributed by atoms with van der Waals surface area (Å²) in [5.41, 5.74) is 1.49. The van der Waals surface area contributed by atoms with Crippen LogP contribution in [0.2, 0.25) is 0 Å². The minimum Gasteiger partial charge on any atom is -0.438 e. The summed E-state index contributed by atoms with van der Waals surface area (Å²) < 4.78 is 41.2. The molecular formula is C18H19F2N6O7P. The lowest BCUT2D eigenvalue weighted by Crippen LogP contribution is -2.28. The Labute approximate surface area is 190 Å². The first-order valence-corrected chi connectivity index (χ1v) is 11.2. The van der Waals surface area contributed by atoms with Crippen molar-refractivity contribution in [3.05, 3.63) is 42.3 Å². The van der Waals surface area contributed by atoms with Crippen LogP contribution in [-0.2, 0) is 15.8 Å². The molecule has 3 aromatic rings. The number of cyclic esters (lactones) is 1. The lowest BCUT2D eigenvalue weighted by molar-refractivity contribution is -0.0503. The summed E-state index contributed by atoms with van der Waals surface area (Å²) in [6.07, 6.45) is -2.97. The Kier molecular flexibility index (Phi) is 7.64. The Morgan fingerprint density at radius 2 is 1.97 bits per heavy atom. The zero-order chi connectivity index (χ0) is 25.0. The number of anilines is 1. The van der Waals surface area contributed by atoms with Crippen molar-refractivity contribution in [1.82, 2.24) is 25.2 Å². The van der Waals surface area contributed by atoms with Gasteiger partial charge in [-0.2, -0.15) is 4.80 Å². The largest absolute Gasteiger partial charge is 0.466 e. The molecule has 0 aliphatic carbocycles. The van der Waals surface area contributed by atoms with Crippen molar-refractivity contribution in [2.45, 2.75) is 25.9 Å². The number of tetrazole rings is 1. The number of alkyl halides is 1. The number of hydrogen-bond acceptors (Lipinski definition) is 8. The van der Waals surface area contributed by atoms with E-state index in [1.54, 1.807) is 12.1 Å². The number of aliphatic hydroxyl groups is 1. The highest BCUT2D eigenvalue weighted by atomic mass is 31.2. The number of pyridine rings is 1. The molecule has 1 aromatic carbocycles. The van der Waals surface area contributed by atoms with Gasteiger partial charge >= 0.3 is 13.9 Å². The number of amides is 1. The smallest absolute Gasteiger partial charge is 0.438 e. The highest BCUT2D eigenvalue weighted by Gasteiger charge is 2.37. The van der Waals surface area contributed by atoms with Gasteiger partial charge in [0, 0.05) is 17.3 Å². The second-order valence-corrected chi connectivity index (χ2v) is 7.84. The average Bonchev–Trinajstić information content (AvgIpc) is 3.39. The van der Waals surface area contributed by atoms with Gasteiger partial charge in [-0.25, -0.2) is 18.1 Å². The van der Waals surface area contributed by atoms with E-state index in [4.69, 9.17) is 29.1 Å². The molecule has 2 atom stereocenters. The van der Waals surface area contributed by atoms with Gasteiger partial charge in [0.05, 0.1) is 18.8 Å². The Hall–Kier alpha value is -3.36. The molecule has 13 nitrogen and oxygen atoms in total. The van der Waals surface area contributed by atoms with E-state index >= 15 is 0 Å². The van der Waals surface area contributed by atoms with Gasteiger partial charge in [-0.1, -0.05) is 6.07 Å². The summed E-state index contributed by atoms with van der Waals surface area (Å²) in [6.45, 7) is 2.26. The number of aryl methyl sites for hydroxylation is 1. The first kappa shape index (κ1) is 25.3. The van der Waals surface area contributed by atoms with Gasteiger partial charge < -0.3 is 24.5 Å². The summed E-state index contributed by atoms with van der Waals surface area (Å²) in [5.74, 6) is -0.226. The molecule has 1 fully saturated rings. The molecule has 182 valence electrons. The molecular weight excluding hydrogens is 481 g/mol. The molecule has 0 radical (unpaired) electrons. The number of carbonyl (C=O) groups is 1. The van der Waals surface area contributed by atoms with Crippen LogP contribution in [0, 0.1) is 5.82 Å². The molecule has 4 rings (SSSR count). The van der Waals surface area contributed by atoms with E-state index in [1.165, 1.54) is 23.1 Å². The fraction of sp³-hybridized carbons (Fsp3) is 0.278. The third-order valence-electron chi connectivity index (χ3n) is 4.45. The molecule has 0 saturated carbocycles. The van der Waals surface area contributed by atoms with Crippen molar-refractivity contribution in [1.29, 1.82) is 0 Å². The molecule has 1 saturated heterocycles. The number of benzene rings is 1. The van der Waals surface area contributed by atoms with Crippen molar-refractivity contribution in [3.8, 4) is 22.6 Å². The molecule has 16 heteroatoms. The second-order valence-electron chi connectivity index (χ2n) is 6.82. The number of aliphatic hydroxyl groups excluding tert-OH is 1. The maximum absolute atomic E-state index is 14.7. The van der Waals surface area contributed by atoms with Crippen LogP contribution in [0.4, 0.5) is 19.3 Å². The Bertz CT molecular complexity index is 1200. The number of phosphoric acid groups is 1. The van der Waals surface area contributed by atoms with Crippen LogP contribution in [0.15, 0.2) is 36.5 Å². The fourth-order valence-corrected chi connectivity index (χ4v) is 2.91. The van der Waals surface area contributed by atoms with E-state index in [-0.39, 0.29) is 17.8 Å². The van der Waals surface area contributed by atoms with E-state index in [0.29, 0.717) is 23.6 Å². The van der Waals surface area contributed by atoms with Crippen molar-refractivity contribution in [2.24, 2.45) is 0 Å². The Balaban J connectivity index is 0.000000588. The second kappa shape index (κ2) is 10.3. The van der Waals surface area contributed by atoms with Gasteiger partial charge in [-0.3, -0.25) is 9.88 Å². The van der Waals surface area contributed by atoms with Gasteiger partial charge in [-0.15, -0.1) is 10.2 Å². The first-order chi connectivity index (χ1) is 16.0. The summed E-state index contributed by atoms with van der Waals surface area (Å²) in [6, 6.07) is 7.47. The Morgan fingerprint density at radius 1 is 1.26 bits per heavy atom. The lowest BCUT2D eigenvalue weighted by atomic mass is 10.1. The van der Waals surface area contributed by atoms with Crippen LogP contribution in [0.3, 0.4) is 0 Å². The van der Waals surface area contributed by atoms with E-state index < -0.39 is 32.2 Å². The molecule has 1 unspecified atom stereocenters. The van der Waals surface area contributed by atoms with Crippen LogP contribution in [0.25, 0.3) is 22.6 Å². The average molecular weight is 500 g/mol. The number of ether oxygens (including phenoxy) is 1. The van der Waals surface area contributed by atoms with E-state index in [2.05, 4.69) is 20.4 Å². The van der Waals surface area contributed by atoms with Gasteiger partial charge in [0.15, 0.2) is 6.10 Å². The zero-order valence-electron chi connectivity index (χ0n) is 17.4. The number of halogens is 2. The predicted octanol–water partition coefficient (Wildman–Crippen LogP) is 1.25. The number of rotatable bonds is 5. The standard InChI is InChI=1S/C18H16F2N6O3.H3O4P/c1-2-26-23-17(22-24-26)14-6-3-10(8-21-14)12-5-4-11(7-13(12)19)25-9-15(16(20)27)29-18(25)28;1-5(2,3)4/h3-8,15-16,27H,2,9H2,1H3;(H3,1,2,3,4)/t15-,16?;/m1./s1. The number of aromatic nitrogens is 5. The van der Waals surface area contributed by atoms with Gasteiger partial charge in [0.25, 0.3) is 0 Å².